The third-order valence-electron chi connectivity index (χ3n) is 3.47. The van der Waals surface area contributed by atoms with Crippen molar-refractivity contribution in [3.63, 3.8) is 0 Å². The Balaban J connectivity index is 1.99. The van der Waals surface area contributed by atoms with Gasteiger partial charge in [-0.15, -0.1) is 0 Å². The van der Waals surface area contributed by atoms with Crippen molar-refractivity contribution in [3.05, 3.63) is 58.6 Å². The van der Waals surface area contributed by atoms with Gasteiger partial charge in [0.25, 0.3) is 5.91 Å². The van der Waals surface area contributed by atoms with E-state index in [0.717, 1.165) is 4.47 Å². The highest BCUT2D eigenvalue weighted by Crippen LogP contribution is 2.15. The molecule has 5 nitrogen and oxygen atoms in total. The first-order valence-electron chi connectivity index (χ1n) is 7.52. The average molecular weight is 391 g/mol. The fourth-order valence-corrected chi connectivity index (χ4v) is 2.41. The minimum absolute atomic E-state index is 0.00255. The van der Waals surface area contributed by atoms with E-state index >= 15 is 0 Å². The number of halogens is 1. The summed E-state index contributed by atoms with van der Waals surface area (Å²) in [6.07, 6.45) is 0. The summed E-state index contributed by atoms with van der Waals surface area (Å²) in [6.45, 7) is 2.29. The fourth-order valence-electron chi connectivity index (χ4n) is 2.15. The summed E-state index contributed by atoms with van der Waals surface area (Å²) in [5, 5.41) is 2.78. The highest BCUT2D eigenvalue weighted by molar-refractivity contribution is 9.10. The minimum Gasteiger partial charge on any atom is -0.497 e. The molecule has 0 spiro atoms. The monoisotopic (exact) mass is 390 g/mol. The topological polar surface area (TPSA) is 58.6 Å². The van der Waals surface area contributed by atoms with E-state index in [0.29, 0.717) is 23.5 Å². The first-order chi connectivity index (χ1) is 11.5. The number of benzene rings is 2. The number of carbonyl (C=O) groups is 2. The summed E-state index contributed by atoms with van der Waals surface area (Å²) in [4.78, 5) is 26.2. The summed E-state index contributed by atoms with van der Waals surface area (Å²) >= 11 is 3.34. The van der Waals surface area contributed by atoms with E-state index in [1.807, 2.05) is 6.92 Å². The van der Waals surface area contributed by atoms with Gasteiger partial charge in [0.05, 0.1) is 7.11 Å². The van der Waals surface area contributed by atoms with Crippen LogP contribution in [-0.4, -0.2) is 36.9 Å². The van der Waals surface area contributed by atoms with Gasteiger partial charge in [0, 0.05) is 22.3 Å². The number of nitrogens with zero attached hydrogens (tertiary/aromatic N) is 1. The molecule has 2 aromatic rings. The molecule has 2 rings (SSSR count). The van der Waals surface area contributed by atoms with Crippen molar-refractivity contribution < 1.29 is 14.3 Å². The second-order valence-corrected chi connectivity index (χ2v) is 6.02. The van der Waals surface area contributed by atoms with E-state index in [4.69, 9.17) is 4.74 Å². The third kappa shape index (κ3) is 4.83. The highest BCUT2D eigenvalue weighted by atomic mass is 79.9. The smallest absolute Gasteiger partial charge is 0.254 e. The lowest BCUT2D eigenvalue weighted by Gasteiger charge is -2.20. The number of anilines is 1. The van der Waals surface area contributed by atoms with Crippen molar-refractivity contribution in [1.29, 1.82) is 0 Å². The Bertz CT molecular complexity index is 699. The molecule has 0 saturated heterocycles. The molecule has 0 aromatic heterocycles. The van der Waals surface area contributed by atoms with Crippen molar-refractivity contribution in [3.8, 4) is 5.75 Å². The molecule has 2 aromatic carbocycles. The number of hydrogen-bond acceptors (Lipinski definition) is 3. The van der Waals surface area contributed by atoms with Crippen molar-refractivity contribution in [2.75, 3.05) is 25.5 Å². The van der Waals surface area contributed by atoms with Crippen molar-refractivity contribution >= 4 is 33.4 Å². The van der Waals surface area contributed by atoms with Crippen LogP contribution in [0.3, 0.4) is 0 Å². The van der Waals surface area contributed by atoms with Crippen molar-refractivity contribution in [2.24, 2.45) is 0 Å². The normalized spacial score (nSPS) is 10.1. The van der Waals surface area contributed by atoms with Gasteiger partial charge in [0.2, 0.25) is 5.91 Å². The van der Waals surface area contributed by atoms with Crippen LogP contribution >= 0.6 is 15.9 Å². The van der Waals surface area contributed by atoms with Crippen LogP contribution in [0.25, 0.3) is 0 Å². The number of methoxy groups -OCH3 is 1. The molecule has 0 radical (unpaired) electrons. The number of amides is 2. The van der Waals surface area contributed by atoms with Gasteiger partial charge in [-0.2, -0.15) is 0 Å². The molecule has 0 saturated carbocycles. The van der Waals surface area contributed by atoms with Crippen LogP contribution in [0.5, 0.6) is 5.75 Å². The summed E-state index contributed by atoms with van der Waals surface area (Å²) in [5.74, 6) is 0.302. The Hall–Kier alpha value is -2.34. The number of nitrogens with one attached hydrogen (secondary N) is 1. The van der Waals surface area contributed by atoms with E-state index in [1.165, 1.54) is 4.90 Å². The second-order valence-electron chi connectivity index (χ2n) is 5.10. The Kier molecular flexibility index (Phi) is 6.37. The van der Waals surface area contributed by atoms with Crippen LogP contribution in [0, 0.1) is 0 Å². The Morgan fingerprint density at radius 3 is 2.25 bits per heavy atom. The van der Waals surface area contributed by atoms with Crippen LogP contribution in [0.2, 0.25) is 0 Å². The average Bonchev–Trinajstić information content (AvgIpc) is 2.60. The second kappa shape index (κ2) is 8.49. The first kappa shape index (κ1) is 18.0. The van der Waals surface area contributed by atoms with E-state index in [2.05, 4.69) is 21.2 Å². The highest BCUT2D eigenvalue weighted by Gasteiger charge is 2.17. The van der Waals surface area contributed by atoms with Gasteiger partial charge >= 0.3 is 0 Å². The Morgan fingerprint density at radius 1 is 1.08 bits per heavy atom. The zero-order valence-electron chi connectivity index (χ0n) is 13.6. The molecule has 2 amide bonds. The molecule has 0 bridgehead atoms. The van der Waals surface area contributed by atoms with Gasteiger partial charge in [0.15, 0.2) is 0 Å². The summed E-state index contributed by atoms with van der Waals surface area (Å²) in [5.41, 5.74) is 1.21. The quantitative estimate of drug-likeness (QED) is 0.819. The van der Waals surface area contributed by atoms with Gasteiger partial charge in [-0.05, 0) is 55.5 Å². The Morgan fingerprint density at radius 2 is 1.71 bits per heavy atom. The molecule has 0 aliphatic rings. The lowest BCUT2D eigenvalue weighted by Crippen LogP contribution is -2.37. The lowest BCUT2D eigenvalue weighted by atomic mass is 10.2. The maximum atomic E-state index is 12.5. The van der Waals surface area contributed by atoms with Crippen LogP contribution in [0.1, 0.15) is 17.3 Å². The first-order valence-corrected chi connectivity index (χ1v) is 8.31. The zero-order valence-corrected chi connectivity index (χ0v) is 15.2. The largest absolute Gasteiger partial charge is 0.497 e. The predicted octanol–water partition coefficient (Wildman–Crippen LogP) is 3.56. The maximum Gasteiger partial charge on any atom is 0.254 e. The summed E-state index contributed by atoms with van der Waals surface area (Å²) < 4.78 is 5.98. The van der Waals surface area contributed by atoms with Gasteiger partial charge in [0.1, 0.15) is 12.3 Å². The molecule has 6 heteroatoms. The third-order valence-corrected chi connectivity index (χ3v) is 4.00. The zero-order chi connectivity index (χ0) is 17.5. The van der Waals surface area contributed by atoms with E-state index in [1.54, 1.807) is 55.6 Å². The van der Waals surface area contributed by atoms with Crippen molar-refractivity contribution in [2.45, 2.75) is 6.92 Å². The van der Waals surface area contributed by atoms with Crippen LogP contribution < -0.4 is 10.1 Å². The molecule has 0 fully saturated rings. The lowest BCUT2D eigenvalue weighted by molar-refractivity contribution is -0.116. The fraction of sp³-hybridized carbons (Fsp3) is 0.222. The number of carbonyl (C=O) groups excluding carboxylic acids is 2. The standard InChI is InChI=1S/C18H19BrN2O3/c1-3-21(18(23)13-4-6-14(19)7-5-13)12-17(22)20-15-8-10-16(24-2)11-9-15/h4-11H,3,12H2,1-2H3,(H,20,22). The minimum atomic E-state index is -0.243. The molecule has 126 valence electrons. The molecular weight excluding hydrogens is 372 g/mol. The van der Waals surface area contributed by atoms with Crippen molar-refractivity contribution in [1.82, 2.24) is 4.90 Å². The summed E-state index contributed by atoms with van der Waals surface area (Å²) in [6, 6.07) is 14.1. The van der Waals surface area contributed by atoms with Gasteiger partial charge in [-0.3, -0.25) is 9.59 Å². The van der Waals surface area contributed by atoms with Gasteiger partial charge < -0.3 is 15.0 Å². The van der Waals surface area contributed by atoms with E-state index in [-0.39, 0.29) is 18.4 Å². The molecule has 0 heterocycles. The Labute approximate surface area is 149 Å². The number of hydrogen-bond donors (Lipinski definition) is 1. The van der Waals surface area contributed by atoms with Crippen LogP contribution in [0.15, 0.2) is 53.0 Å². The predicted molar refractivity (Wildman–Crippen MR) is 97.3 cm³/mol. The molecule has 0 aliphatic heterocycles. The maximum absolute atomic E-state index is 12.5. The molecule has 24 heavy (non-hydrogen) atoms. The number of likely N-dealkylation sites (N-methyl/N-ethyl adjacent to an activating group) is 1. The molecule has 0 aliphatic carbocycles. The molecule has 1 N–H and O–H groups in total. The van der Waals surface area contributed by atoms with E-state index in [9.17, 15) is 9.59 Å². The van der Waals surface area contributed by atoms with E-state index < -0.39 is 0 Å². The SMILES string of the molecule is CCN(CC(=O)Nc1ccc(OC)cc1)C(=O)c1ccc(Br)cc1. The van der Waals surface area contributed by atoms with Crippen LogP contribution in [0.4, 0.5) is 5.69 Å². The van der Waals surface area contributed by atoms with Gasteiger partial charge in [-0.1, -0.05) is 15.9 Å². The summed E-state index contributed by atoms with van der Waals surface area (Å²) in [7, 11) is 1.58. The molecule has 0 atom stereocenters. The number of rotatable bonds is 6. The molecule has 0 unspecified atom stereocenters. The molecular formula is C18H19BrN2O3. The number of ether oxygens (including phenoxy) is 1. The van der Waals surface area contributed by atoms with Gasteiger partial charge in [-0.25, -0.2) is 0 Å². The van der Waals surface area contributed by atoms with Crippen LogP contribution in [-0.2, 0) is 4.79 Å².